The van der Waals surface area contributed by atoms with E-state index in [2.05, 4.69) is 11.9 Å². The Bertz CT molecular complexity index is 1240. The topological polar surface area (TPSA) is 89.0 Å². The fraction of sp³-hybridized carbons (Fsp3) is 0.276. The molecule has 36 heavy (non-hydrogen) atoms. The minimum absolute atomic E-state index is 0.0395. The lowest BCUT2D eigenvalue weighted by molar-refractivity contribution is -0.140. The molecule has 0 spiro atoms. The van der Waals surface area contributed by atoms with E-state index in [9.17, 15) is 14.7 Å². The molecule has 186 valence electrons. The van der Waals surface area contributed by atoms with E-state index in [0.717, 1.165) is 24.8 Å². The van der Waals surface area contributed by atoms with Crippen molar-refractivity contribution in [3.63, 3.8) is 0 Å². The molecule has 1 aliphatic rings. The van der Waals surface area contributed by atoms with Crippen molar-refractivity contribution in [2.24, 2.45) is 0 Å². The number of aliphatic hydroxyl groups is 1. The van der Waals surface area contributed by atoms with E-state index < -0.39 is 17.7 Å². The molecule has 3 aromatic rings. The summed E-state index contributed by atoms with van der Waals surface area (Å²) in [4.78, 5) is 32.0. The lowest BCUT2D eigenvalue weighted by Gasteiger charge is -2.26. The van der Waals surface area contributed by atoms with Crippen LogP contribution >= 0.6 is 0 Å². The third-order valence-electron chi connectivity index (χ3n) is 6.24. The number of benzene rings is 2. The largest absolute Gasteiger partial charge is 0.507 e. The Hall–Kier alpha value is -4.13. The molecule has 4 rings (SSSR count). The molecule has 7 heteroatoms. The first-order chi connectivity index (χ1) is 17.5. The van der Waals surface area contributed by atoms with Gasteiger partial charge in [0, 0.05) is 23.5 Å². The summed E-state index contributed by atoms with van der Waals surface area (Å²) in [5.41, 5.74) is 1.91. The number of rotatable bonds is 10. The molecular formula is C29H30N2O5. The standard InChI is InChI=1S/C29H30N2O5/c1-3-4-7-18-36-23-12-10-21(11-13-23)27(32)25-26(20-14-16-30-17-15-20)31(29(34)28(25)33)19-22-8-5-6-9-24(22)35-2/h5-6,8-17,26,32H,3-4,7,18-19H2,1-2H3/b27-25+. The third-order valence-corrected chi connectivity index (χ3v) is 6.24. The van der Waals surface area contributed by atoms with Crippen molar-refractivity contribution in [2.75, 3.05) is 13.7 Å². The van der Waals surface area contributed by atoms with E-state index in [1.165, 1.54) is 4.90 Å². The number of ether oxygens (including phenoxy) is 2. The number of unbranched alkanes of at least 4 members (excludes halogenated alkanes) is 2. The monoisotopic (exact) mass is 486 g/mol. The molecule has 2 aromatic carbocycles. The highest BCUT2D eigenvalue weighted by molar-refractivity contribution is 6.46. The Labute approximate surface area is 211 Å². The SMILES string of the molecule is CCCCCOc1ccc(/C(O)=C2\C(=O)C(=O)N(Cc3ccccc3OC)C2c2ccncc2)cc1. The molecule has 1 unspecified atom stereocenters. The molecular weight excluding hydrogens is 456 g/mol. The fourth-order valence-electron chi connectivity index (χ4n) is 4.36. The summed E-state index contributed by atoms with van der Waals surface area (Å²) < 4.78 is 11.2. The molecule has 1 atom stereocenters. The van der Waals surface area contributed by atoms with Crippen LogP contribution in [0, 0.1) is 0 Å². The van der Waals surface area contributed by atoms with Crippen molar-refractivity contribution in [3.05, 3.63) is 95.3 Å². The van der Waals surface area contributed by atoms with Crippen molar-refractivity contribution in [2.45, 2.75) is 38.8 Å². The Morgan fingerprint density at radius 2 is 1.72 bits per heavy atom. The first-order valence-electron chi connectivity index (χ1n) is 12.1. The zero-order valence-corrected chi connectivity index (χ0v) is 20.5. The summed E-state index contributed by atoms with van der Waals surface area (Å²) in [5, 5.41) is 11.3. The number of ketones is 1. The van der Waals surface area contributed by atoms with Gasteiger partial charge in [-0.15, -0.1) is 0 Å². The molecule has 1 aliphatic heterocycles. The van der Waals surface area contributed by atoms with Crippen LogP contribution in [0.4, 0.5) is 0 Å². The van der Waals surface area contributed by atoms with Gasteiger partial charge in [-0.2, -0.15) is 0 Å². The van der Waals surface area contributed by atoms with E-state index in [0.29, 0.717) is 29.2 Å². The minimum Gasteiger partial charge on any atom is -0.507 e. The first-order valence-corrected chi connectivity index (χ1v) is 12.1. The van der Waals surface area contributed by atoms with Crippen molar-refractivity contribution in [1.82, 2.24) is 9.88 Å². The number of likely N-dealkylation sites (tertiary alicyclic amines) is 1. The van der Waals surface area contributed by atoms with Gasteiger partial charge in [0.1, 0.15) is 17.3 Å². The molecule has 1 saturated heterocycles. The van der Waals surface area contributed by atoms with E-state index in [1.807, 2.05) is 18.2 Å². The maximum Gasteiger partial charge on any atom is 0.295 e. The highest BCUT2D eigenvalue weighted by atomic mass is 16.5. The molecule has 1 amide bonds. The maximum absolute atomic E-state index is 13.2. The van der Waals surface area contributed by atoms with Crippen LogP contribution < -0.4 is 9.47 Å². The lowest BCUT2D eigenvalue weighted by Crippen LogP contribution is -2.29. The van der Waals surface area contributed by atoms with Gasteiger partial charge < -0.3 is 19.5 Å². The van der Waals surface area contributed by atoms with Crippen LogP contribution in [0.5, 0.6) is 11.5 Å². The van der Waals surface area contributed by atoms with Crippen LogP contribution in [-0.4, -0.2) is 40.4 Å². The van der Waals surface area contributed by atoms with Gasteiger partial charge in [-0.05, 0) is 54.4 Å². The Balaban J connectivity index is 1.70. The number of carbonyl (C=O) groups is 2. The summed E-state index contributed by atoms with van der Waals surface area (Å²) in [5.74, 6) is -0.341. The van der Waals surface area contributed by atoms with Crippen LogP contribution in [0.3, 0.4) is 0 Å². The second kappa shape index (κ2) is 11.5. The van der Waals surface area contributed by atoms with Crippen molar-refractivity contribution in [3.8, 4) is 11.5 Å². The highest BCUT2D eigenvalue weighted by Gasteiger charge is 2.46. The second-order valence-corrected chi connectivity index (χ2v) is 8.60. The summed E-state index contributed by atoms with van der Waals surface area (Å²) in [6.45, 7) is 2.90. The lowest BCUT2D eigenvalue weighted by atomic mass is 9.95. The van der Waals surface area contributed by atoms with Crippen LogP contribution in [-0.2, 0) is 16.1 Å². The van der Waals surface area contributed by atoms with Gasteiger partial charge >= 0.3 is 0 Å². The summed E-state index contributed by atoms with van der Waals surface area (Å²) in [6.07, 6.45) is 6.39. The molecule has 0 saturated carbocycles. The third kappa shape index (κ3) is 5.25. The quantitative estimate of drug-likeness (QED) is 0.182. The van der Waals surface area contributed by atoms with Gasteiger partial charge in [0.2, 0.25) is 0 Å². The number of nitrogens with zero attached hydrogens (tertiary/aromatic N) is 2. The molecule has 0 aliphatic carbocycles. The number of hydrogen-bond donors (Lipinski definition) is 1. The van der Waals surface area contributed by atoms with Gasteiger partial charge in [0.15, 0.2) is 0 Å². The molecule has 1 N–H and O–H groups in total. The predicted molar refractivity (Wildman–Crippen MR) is 137 cm³/mol. The fourth-order valence-corrected chi connectivity index (χ4v) is 4.36. The molecule has 0 bridgehead atoms. The number of aliphatic hydroxyl groups excluding tert-OH is 1. The van der Waals surface area contributed by atoms with E-state index in [-0.39, 0.29) is 17.9 Å². The van der Waals surface area contributed by atoms with Gasteiger partial charge in [-0.25, -0.2) is 0 Å². The van der Waals surface area contributed by atoms with Crippen molar-refractivity contribution < 1.29 is 24.2 Å². The second-order valence-electron chi connectivity index (χ2n) is 8.60. The van der Waals surface area contributed by atoms with Crippen LogP contribution in [0.2, 0.25) is 0 Å². The smallest absolute Gasteiger partial charge is 0.295 e. The average Bonchev–Trinajstić information content (AvgIpc) is 3.17. The van der Waals surface area contributed by atoms with Crippen LogP contribution in [0.25, 0.3) is 5.76 Å². The zero-order chi connectivity index (χ0) is 25.5. The van der Waals surface area contributed by atoms with E-state index in [4.69, 9.17) is 9.47 Å². The van der Waals surface area contributed by atoms with Crippen LogP contribution in [0.15, 0.2) is 78.6 Å². The van der Waals surface area contributed by atoms with Gasteiger partial charge in [-0.3, -0.25) is 14.6 Å². The van der Waals surface area contributed by atoms with E-state index >= 15 is 0 Å². The van der Waals surface area contributed by atoms with Gasteiger partial charge in [0.05, 0.1) is 31.9 Å². The van der Waals surface area contributed by atoms with Gasteiger partial charge in [0.25, 0.3) is 11.7 Å². The molecule has 0 radical (unpaired) electrons. The maximum atomic E-state index is 13.2. The molecule has 7 nitrogen and oxygen atoms in total. The molecule has 2 heterocycles. The number of amides is 1. The number of carbonyl (C=O) groups excluding carboxylic acids is 2. The Morgan fingerprint density at radius 1 is 1.00 bits per heavy atom. The zero-order valence-electron chi connectivity index (χ0n) is 20.5. The number of pyridine rings is 1. The van der Waals surface area contributed by atoms with Crippen molar-refractivity contribution in [1.29, 1.82) is 0 Å². The van der Waals surface area contributed by atoms with E-state index in [1.54, 1.807) is 62.0 Å². The number of hydrogen-bond acceptors (Lipinski definition) is 6. The number of para-hydroxylation sites is 1. The predicted octanol–water partition coefficient (Wildman–Crippen LogP) is 5.28. The summed E-state index contributed by atoms with van der Waals surface area (Å²) in [6, 6.07) is 17.0. The Morgan fingerprint density at radius 3 is 2.42 bits per heavy atom. The summed E-state index contributed by atoms with van der Waals surface area (Å²) in [7, 11) is 1.56. The Kier molecular flexibility index (Phi) is 8.00. The number of Topliss-reactive ketones (excluding diaryl/α,β-unsaturated/α-hetero) is 1. The highest BCUT2D eigenvalue weighted by Crippen LogP contribution is 2.41. The summed E-state index contributed by atoms with van der Waals surface area (Å²) >= 11 is 0. The first kappa shape index (κ1) is 25.0. The number of aromatic nitrogens is 1. The normalized spacial score (nSPS) is 16.8. The van der Waals surface area contributed by atoms with Crippen LogP contribution in [0.1, 0.15) is 48.9 Å². The minimum atomic E-state index is -0.775. The number of methoxy groups -OCH3 is 1. The molecule has 1 aromatic heterocycles. The van der Waals surface area contributed by atoms with Gasteiger partial charge in [-0.1, -0.05) is 38.0 Å². The molecule has 1 fully saturated rings. The van der Waals surface area contributed by atoms with Crippen molar-refractivity contribution >= 4 is 17.4 Å². The average molecular weight is 487 g/mol.